The summed E-state index contributed by atoms with van der Waals surface area (Å²) in [6.07, 6.45) is 3.47. The molecule has 1 saturated carbocycles. The Morgan fingerprint density at radius 1 is 1.33 bits per heavy atom. The highest BCUT2D eigenvalue weighted by Crippen LogP contribution is 2.46. The third kappa shape index (κ3) is 2.66. The van der Waals surface area contributed by atoms with Crippen molar-refractivity contribution in [3.63, 3.8) is 0 Å². The molecule has 0 unspecified atom stereocenters. The van der Waals surface area contributed by atoms with Gasteiger partial charge in [0.1, 0.15) is 5.41 Å². The van der Waals surface area contributed by atoms with Crippen LogP contribution in [0.2, 0.25) is 0 Å². The van der Waals surface area contributed by atoms with Gasteiger partial charge in [0.15, 0.2) is 0 Å². The Morgan fingerprint density at radius 2 is 1.94 bits per heavy atom. The van der Waals surface area contributed by atoms with Gasteiger partial charge in [0.05, 0.1) is 7.11 Å². The van der Waals surface area contributed by atoms with Crippen LogP contribution in [-0.2, 0) is 14.3 Å². The van der Waals surface area contributed by atoms with E-state index in [1.165, 1.54) is 7.11 Å². The highest BCUT2D eigenvalue weighted by Gasteiger charge is 2.57. The summed E-state index contributed by atoms with van der Waals surface area (Å²) in [7, 11) is 3.46. The predicted molar refractivity (Wildman–Crippen MR) is 66.9 cm³/mol. The van der Waals surface area contributed by atoms with Gasteiger partial charge in [-0.25, -0.2) is 0 Å². The molecule has 0 radical (unpaired) electrons. The molecule has 0 aromatic carbocycles. The maximum atomic E-state index is 12.0. The molecule has 0 bridgehead atoms. The zero-order chi connectivity index (χ0) is 13.2. The van der Waals surface area contributed by atoms with Crippen LogP contribution in [0.5, 0.6) is 0 Å². The third-order valence-corrected chi connectivity index (χ3v) is 4.15. The fourth-order valence-electron chi connectivity index (χ4n) is 2.52. The lowest BCUT2D eigenvalue weighted by atomic mass is 9.96. The smallest absolute Gasteiger partial charge is 0.321 e. The van der Waals surface area contributed by atoms with E-state index < -0.39 is 5.41 Å². The van der Waals surface area contributed by atoms with Crippen molar-refractivity contribution < 1.29 is 14.3 Å². The van der Waals surface area contributed by atoms with Crippen LogP contribution in [-0.4, -0.2) is 50.6 Å². The first-order chi connectivity index (χ1) is 8.58. The molecule has 18 heavy (non-hydrogen) atoms. The van der Waals surface area contributed by atoms with Gasteiger partial charge in [-0.15, -0.1) is 0 Å². The normalized spacial score (nSPS) is 23.4. The topological polar surface area (TPSA) is 58.6 Å². The number of piperidine rings is 1. The van der Waals surface area contributed by atoms with Crippen molar-refractivity contribution >= 4 is 11.9 Å². The molecule has 1 saturated heterocycles. The van der Waals surface area contributed by atoms with E-state index in [9.17, 15) is 9.59 Å². The fraction of sp³-hybridized carbons (Fsp3) is 0.846. The largest absolute Gasteiger partial charge is 0.468 e. The van der Waals surface area contributed by atoms with E-state index in [2.05, 4.69) is 17.3 Å². The number of nitrogens with zero attached hydrogens (tertiary/aromatic N) is 1. The molecule has 2 fully saturated rings. The van der Waals surface area contributed by atoms with E-state index in [1.54, 1.807) is 0 Å². The molecule has 2 aliphatic rings. The van der Waals surface area contributed by atoms with Crippen LogP contribution in [0.3, 0.4) is 0 Å². The predicted octanol–water partition coefficient (Wildman–Crippen LogP) is 0.398. The maximum Gasteiger partial charge on any atom is 0.321 e. The summed E-state index contributed by atoms with van der Waals surface area (Å²) in [5.41, 5.74) is -0.861. The van der Waals surface area contributed by atoms with E-state index in [-0.39, 0.29) is 11.9 Å². The molecule has 0 aromatic rings. The van der Waals surface area contributed by atoms with Gasteiger partial charge in [0.2, 0.25) is 5.91 Å². The van der Waals surface area contributed by atoms with Gasteiger partial charge in [-0.3, -0.25) is 9.59 Å². The second-order valence-electron chi connectivity index (χ2n) is 5.53. The molecule has 1 aliphatic carbocycles. The fourth-order valence-corrected chi connectivity index (χ4v) is 2.52. The zero-order valence-electron chi connectivity index (χ0n) is 11.2. The molecule has 1 N–H and O–H groups in total. The number of likely N-dealkylation sites (tertiary alicyclic amines) is 1. The third-order valence-electron chi connectivity index (χ3n) is 4.15. The first-order valence-corrected chi connectivity index (χ1v) is 6.64. The number of ether oxygens (including phenoxy) is 1. The minimum Gasteiger partial charge on any atom is -0.468 e. The van der Waals surface area contributed by atoms with E-state index in [4.69, 9.17) is 4.74 Å². The summed E-state index contributed by atoms with van der Waals surface area (Å²) in [6, 6.07) is 0. The van der Waals surface area contributed by atoms with Gasteiger partial charge < -0.3 is 15.0 Å². The van der Waals surface area contributed by atoms with Crippen molar-refractivity contribution in [3.8, 4) is 0 Å². The van der Waals surface area contributed by atoms with Gasteiger partial charge in [-0.05, 0) is 51.7 Å². The standard InChI is InChI=1S/C13H22N2O3/c1-15-7-3-10(4-8-15)9-14-11(16)13(5-6-13)12(17)18-2/h10H,3-9H2,1-2H3,(H,14,16). The molecular formula is C13H22N2O3. The molecule has 0 aromatic heterocycles. The van der Waals surface area contributed by atoms with Crippen molar-refractivity contribution in [2.75, 3.05) is 33.8 Å². The Morgan fingerprint density at radius 3 is 2.44 bits per heavy atom. The number of carbonyl (C=O) groups excluding carboxylic acids is 2. The Kier molecular flexibility index (Phi) is 3.90. The Hall–Kier alpha value is -1.10. The van der Waals surface area contributed by atoms with Crippen LogP contribution >= 0.6 is 0 Å². The van der Waals surface area contributed by atoms with Crippen LogP contribution in [0.4, 0.5) is 0 Å². The number of amides is 1. The van der Waals surface area contributed by atoms with Crippen LogP contribution in [0.15, 0.2) is 0 Å². The molecule has 0 atom stereocenters. The number of nitrogens with one attached hydrogen (secondary N) is 1. The molecule has 5 heteroatoms. The number of carbonyl (C=O) groups is 2. The number of rotatable bonds is 4. The SMILES string of the molecule is COC(=O)C1(C(=O)NCC2CCN(C)CC2)CC1. The van der Waals surface area contributed by atoms with E-state index in [1.807, 2.05) is 0 Å². The molecule has 1 amide bonds. The monoisotopic (exact) mass is 254 g/mol. The molecular weight excluding hydrogens is 232 g/mol. The summed E-state index contributed by atoms with van der Waals surface area (Å²) in [6.45, 7) is 2.86. The van der Waals surface area contributed by atoms with Gasteiger partial charge in [-0.2, -0.15) is 0 Å². The maximum absolute atomic E-state index is 12.0. The van der Waals surface area contributed by atoms with E-state index in [0.717, 1.165) is 25.9 Å². The average molecular weight is 254 g/mol. The van der Waals surface area contributed by atoms with E-state index in [0.29, 0.717) is 25.3 Å². The summed E-state index contributed by atoms with van der Waals surface area (Å²) in [5.74, 6) is 0.00949. The Balaban J connectivity index is 1.77. The van der Waals surface area contributed by atoms with Gasteiger partial charge >= 0.3 is 5.97 Å². The lowest BCUT2D eigenvalue weighted by Crippen LogP contribution is -2.42. The van der Waals surface area contributed by atoms with Crippen molar-refractivity contribution in [1.82, 2.24) is 10.2 Å². The molecule has 1 aliphatic heterocycles. The first kappa shape index (κ1) is 13.3. The first-order valence-electron chi connectivity index (χ1n) is 6.64. The molecule has 0 spiro atoms. The van der Waals surface area contributed by atoms with Gasteiger partial charge in [0.25, 0.3) is 0 Å². The average Bonchev–Trinajstić information content (AvgIpc) is 3.18. The quantitative estimate of drug-likeness (QED) is 0.583. The Labute approximate surface area is 108 Å². The number of hydrogen-bond donors (Lipinski definition) is 1. The zero-order valence-corrected chi connectivity index (χ0v) is 11.2. The lowest BCUT2D eigenvalue weighted by Gasteiger charge is -2.29. The number of esters is 1. The molecule has 2 rings (SSSR count). The van der Waals surface area contributed by atoms with Crippen LogP contribution < -0.4 is 5.32 Å². The minimum absolute atomic E-state index is 0.145. The second kappa shape index (κ2) is 5.26. The summed E-state index contributed by atoms with van der Waals surface area (Å²) in [5, 5.41) is 2.93. The second-order valence-corrected chi connectivity index (χ2v) is 5.53. The van der Waals surface area contributed by atoms with Crippen molar-refractivity contribution in [3.05, 3.63) is 0 Å². The summed E-state index contributed by atoms with van der Waals surface area (Å²) in [4.78, 5) is 25.9. The number of methoxy groups -OCH3 is 1. The van der Waals surface area contributed by atoms with Crippen LogP contribution in [0.1, 0.15) is 25.7 Å². The van der Waals surface area contributed by atoms with E-state index >= 15 is 0 Å². The summed E-state index contributed by atoms with van der Waals surface area (Å²) < 4.78 is 4.70. The number of hydrogen-bond acceptors (Lipinski definition) is 4. The minimum atomic E-state index is -0.861. The lowest BCUT2D eigenvalue weighted by molar-refractivity contribution is -0.152. The van der Waals surface area contributed by atoms with Gasteiger partial charge in [-0.1, -0.05) is 0 Å². The van der Waals surface area contributed by atoms with Crippen LogP contribution in [0.25, 0.3) is 0 Å². The molecule has 1 heterocycles. The Bertz CT molecular complexity index is 331. The molecule has 102 valence electrons. The molecule has 5 nitrogen and oxygen atoms in total. The van der Waals surface area contributed by atoms with Crippen molar-refractivity contribution in [2.24, 2.45) is 11.3 Å². The van der Waals surface area contributed by atoms with Crippen LogP contribution in [0, 0.1) is 11.3 Å². The summed E-state index contributed by atoms with van der Waals surface area (Å²) >= 11 is 0. The van der Waals surface area contributed by atoms with Crippen molar-refractivity contribution in [1.29, 1.82) is 0 Å². The highest BCUT2D eigenvalue weighted by molar-refractivity contribution is 6.05. The van der Waals surface area contributed by atoms with Crippen molar-refractivity contribution in [2.45, 2.75) is 25.7 Å². The van der Waals surface area contributed by atoms with Gasteiger partial charge in [0, 0.05) is 6.54 Å². The highest BCUT2D eigenvalue weighted by atomic mass is 16.5.